The van der Waals surface area contributed by atoms with Crippen molar-refractivity contribution in [2.45, 2.75) is 53.0 Å². The predicted octanol–water partition coefficient (Wildman–Crippen LogP) is -0.840. The molecule has 10 heteroatoms. The van der Waals surface area contributed by atoms with Gasteiger partial charge in [-0.3, -0.25) is 0 Å². The molecule has 0 aliphatic carbocycles. The normalized spacial score (nSPS) is 12.6. The molecule has 0 aliphatic rings. The van der Waals surface area contributed by atoms with Gasteiger partial charge >= 0.3 is 122 Å². The first-order valence-corrected chi connectivity index (χ1v) is 15.2. The molecule has 0 fully saturated rings. The van der Waals surface area contributed by atoms with Crippen molar-refractivity contribution in [1.29, 1.82) is 0 Å². The molecule has 0 aromatic rings. The van der Waals surface area contributed by atoms with E-state index in [1.165, 1.54) is 0 Å². The number of aliphatic hydroxyl groups excluding tert-OH is 1. The first-order valence-electron chi connectivity index (χ1n) is 6.33. The Morgan fingerprint density at radius 3 is 1.50 bits per heavy atom. The summed E-state index contributed by atoms with van der Waals surface area (Å²) in [5.74, 6) is 0. The second-order valence-electron chi connectivity index (χ2n) is 4.34. The summed E-state index contributed by atoms with van der Waals surface area (Å²) in [6.07, 6.45) is 2.26. The third-order valence-electron chi connectivity index (χ3n) is 1.93. The standard InChI is InChI=1S/2C5H14AsNO.2CO2/c1-6(2)5(8)3-4-7;1-5(7)3-4-6(2)8;2*2-1-3/h2*5,8H,3-4,7H2,1-2H3;;. The number of hydrogen-bond acceptors (Lipinski definition) is 8. The van der Waals surface area contributed by atoms with Gasteiger partial charge in [0.1, 0.15) is 0 Å². The van der Waals surface area contributed by atoms with Gasteiger partial charge in [-0.15, -0.1) is 0 Å². The van der Waals surface area contributed by atoms with E-state index in [9.17, 15) is 0 Å². The molecule has 8 nitrogen and oxygen atoms in total. The zero-order valence-electron chi connectivity index (χ0n) is 13.6. The van der Waals surface area contributed by atoms with Gasteiger partial charge < -0.3 is 0 Å². The number of nitrogens with two attached hydrogens (primary N) is 2. The molecule has 132 valence electrons. The third kappa shape index (κ3) is 50.3. The summed E-state index contributed by atoms with van der Waals surface area (Å²) < 4.78 is 8.89. The van der Waals surface area contributed by atoms with Crippen LogP contribution in [0.2, 0.25) is 22.3 Å². The molecule has 3 atom stereocenters. The van der Waals surface area contributed by atoms with Crippen molar-refractivity contribution in [3.8, 4) is 0 Å². The van der Waals surface area contributed by atoms with Crippen molar-refractivity contribution >= 4 is 41.9 Å². The van der Waals surface area contributed by atoms with Gasteiger partial charge in [0, 0.05) is 0 Å². The fourth-order valence-electron chi connectivity index (χ4n) is 0.798. The summed E-state index contributed by atoms with van der Waals surface area (Å²) in [7, 11) is 0. The van der Waals surface area contributed by atoms with E-state index in [1.807, 2.05) is 12.6 Å². The minimum Gasteiger partial charge on any atom is -0.186 e. The summed E-state index contributed by atoms with van der Waals surface area (Å²) in [5.41, 5.74) is 16.9. The molecule has 0 radical (unpaired) electrons. The van der Waals surface area contributed by atoms with Gasteiger partial charge in [-0.05, 0) is 0 Å². The summed E-state index contributed by atoms with van der Waals surface area (Å²) >= 11 is -2.23. The van der Waals surface area contributed by atoms with Gasteiger partial charge in [0.2, 0.25) is 0 Å². The van der Waals surface area contributed by atoms with Gasteiger partial charge in [-0.2, -0.15) is 19.2 Å². The van der Waals surface area contributed by atoms with Crippen molar-refractivity contribution in [2.75, 3.05) is 6.54 Å². The number of carbonyl (C=O) groups excluding carboxylic acids is 4. The van der Waals surface area contributed by atoms with E-state index in [0.29, 0.717) is 6.54 Å². The van der Waals surface area contributed by atoms with Crippen LogP contribution in [0.15, 0.2) is 0 Å². The van der Waals surface area contributed by atoms with Crippen LogP contribution in [0.25, 0.3) is 0 Å². The maximum atomic E-state index is 9.11. The van der Waals surface area contributed by atoms with Crippen LogP contribution < -0.4 is 11.5 Å². The summed E-state index contributed by atoms with van der Waals surface area (Å²) in [4.78, 5) is 32.4. The minimum absolute atomic E-state index is 0.0625. The zero-order valence-corrected chi connectivity index (χ0v) is 17.3. The molecule has 0 aliphatic heterocycles. The van der Waals surface area contributed by atoms with Gasteiger partial charge in [-0.1, -0.05) is 0 Å². The topological polar surface area (TPSA) is 161 Å². The molecule has 0 heterocycles. The Balaban J connectivity index is -0.000000109. The smallest absolute Gasteiger partial charge is 0.186 e. The Kier molecular flexibility index (Phi) is 34.6. The Morgan fingerprint density at radius 1 is 1.05 bits per heavy atom. The van der Waals surface area contributed by atoms with Gasteiger partial charge in [0.15, 0.2) is 0 Å². The molecule has 0 aromatic carbocycles. The van der Waals surface area contributed by atoms with Gasteiger partial charge in [-0.25, -0.2) is 0 Å². The van der Waals surface area contributed by atoms with Crippen molar-refractivity contribution in [3.63, 3.8) is 0 Å². The Hall–Kier alpha value is -0.283. The zero-order chi connectivity index (χ0) is 18.6. The van der Waals surface area contributed by atoms with Crippen molar-refractivity contribution in [3.05, 3.63) is 0 Å². The van der Waals surface area contributed by atoms with E-state index in [0.717, 1.165) is 18.1 Å². The molecule has 0 amide bonds. The average molecular weight is 446 g/mol. The predicted molar refractivity (Wildman–Crippen MR) is 84.1 cm³/mol. The number of rotatable bonds is 6. The van der Waals surface area contributed by atoms with E-state index in [-0.39, 0.29) is 23.2 Å². The summed E-state index contributed by atoms with van der Waals surface area (Å²) in [6, 6.07) is 0.263. The van der Waals surface area contributed by atoms with Crippen LogP contribution in [0.5, 0.6) is 0 Å². The van der Waals surface area contributed by atoms with Crippen LogP contribution >= 0.6 is 0 Å². The molecule has 6 N–H and O–H groups in total. The fraction of sp³-hybridized carbons (Fsp3) is 0.833. The van der Waals surface area contributed by atoms with E-state index in [2.05, 4.69) is 11.4 Å². The fourth-order valence-corrected chi connectivity index (χ4v) is 3.83. The molecule has 0 spiro atoms. The van der Waals surface area contributed by atoms with E-state index in [4.69, 9.17) is 39.8 Å². The minimum atomic E-state index is -1.36. The van der Waals surface area contributed by atoms with Crippen LogP contribution in [-0.4, -0.2) is 68.6 Å². The quantitative estimate of drug-likeness (QED) is 0.384. The molecule has 0 rings (SSSR count). The summed E-state index contributed by atoms with van der Waals surface area (Å²) in [6.45, 7) is 2.59. The van der Waals surface area contributed by atoms with E-state index in [1.54, 1.807) is 0 Å². The second kappa shape index (κ2) is 25.7. The molecular weight excluding hydrogens is 418 g/mol. The molecule has 0 aromatic heterocycles. The molecule has 22 heavy (non-hydrogen) atoms. The van der Waals surface area contributed by atoms with E-state index >= 15 is 0 Å². The van der Waals surface area contributed by atoms with Crippen LogP contribution in [0.1, 0.15) is 19.8 Å². The Bertz CT molecular complexity index is 259. The molecule has 0 saturated carbocycles. The first kappa shape index (κ1) is 29.7. The van der Waals surface area contributed by atoms with Gasteiger partial charge in [0.05, 0.1) is 0 Å². The molecule has 3 unspecified atom stereocenters. The second-order valence-corrected chi connectivity index (χ2v) is 13.3. The average Bonchev–Trinajstić information content (AvgIpc) is 2.39. The van der Waals surface area contributed by atoms with Crippen LogP contribution in [0.4, 0.5) is 0 Å². The van der Waals surface area contributed by atoms with Crippen LogP contribution in [0.3, 0.4) is 0 Å². The largest absolute Gasteiger partial charge is 0.373 e. The van der Waals surface area contributed by atoms with Crippen LogP contribution in [0, 0.1) is 0 Å². The Morgan fingerprint density at radius 2 is 1.41 bits per heavy atom. The maximum Gasteiger partial charge on any atom is 0.373 e. The number of hydrogen-bond donors (Lipinski definition) is 4. The summed E-state index contributed by atoms with van der Waals surface area (Å²) in [5, 5.41) is 10.1. The monoisotopic (exact) mass is 446 g/mol. The van der Waals surface area contributed by atoms with Crippen LogP contribution in [-0.2, 0) is 19.2 Å². The number of aliphatic hydroxyl groups is 1. The Labute approximate surface area is 141 Å². The molecular formula is C12H28As2N2O6. The maximum absolute atomic E-state index is 9.11. The molecule has 0 bridgehead atoms. The van der Waals surface area contributed by atoms with E-state index < -0.39 is 29.6 Å². The first-order chi connectivity index (χ1) is 10.1. The molecule has 0 saturated heterocycles. The third-order valence-corrected chi connectivity index (χ3v) is 6.87. The van der Waals surface area contributed by atoms with Crippen molar-refractivity contribution in [1.82, 2.24) is 0 Å². The van der Waals surface area contributed by atoms with Gasteiger partial charge in [0.25, 0.3) is 0 Å². The SMILES string of the molecule is CC(N)CC[As](C)O.C[As](C)C(O)CCN.O=C=O.O=C=O. The van der Waals surface area contributed by atoms with Crippen molar-refractivity contribution in [2.24, 2.45) is 11.5 Å². The van der Waals surface area contributed by atoms with Crippen molar-refractivity contribution < 1.29 is 28.4 Å².